The number of pyridine rings is 1. The van der Waals surface area contributed by atoms with Crippen LogP contribution < -0.4 is 5.43 Å². The lowest BCUT2D eigenvalue weighted by Gasteiger charge is -2.08. The first kappa shape index (κ1) is 20.5. The lowest BCUT2D eigenvalue weighted by atomic mass is 10.1. The van der Waals surface area contributed by atoms with Crippen molar-refractivity contribution in [3.8, 4) is 0 Å². The van der Waals surface area contributed by atoms with Crippen LogP contribution in [0.4, 0.5) is 0 Å². The molecule has 1 heterocycles. The second-order valence-electron chi connectivity index (χ2n) is 6.48. The molecular formula is C22H21N3O3S. The number of hydrogen-bond donors (Lipinski definition) is 1. The van der Waals surface area contributed by atoms with Gasteiger partial charge in [-0.2, -0.15) is 5.10 Å². The summed E-state index contributed by atoms with van der Waals surface area (Å²) in [5, 5.41) is 5.02. The lowest BCUT2D eigenvalue weighted by molar-refractivity contribution is -0.118. The summed E-state index contributed by atoms with van der Waals surface area (Å²) >= 11 is 1.46. The SMILES string of the molecule is COC(=O)c1ccc(/C=N\NC(=O)CSc2cc(C)nc3ccc(C)cc23)cc1. The number of nitrogens with one attached hydrogen (secondary N) is 1. The highest BCUT2D eigenvalue weighted by molar-refractivity contribution is 8.00. The van der Waals surface area contributed by atoms with E-state index in [4.69, 9.17) is 0 Å². The minimum atomic E-state index is -0.395. The first-order valence-corrected chi connectivity index (χ1v) is 9.96. The predicted octanol–water partition coefficient (Wildman–Crippen LogP) is 3.88. The zero-order valence-corrected chi connectivity index (χ0v) is 17.2. The molecule has 0 aliphatic heterocycles. The minimum Gasteiger partial charge on any atom is -0.465 e. The highest BCUT2D eigenvalue weighted by Crippen LogP contribution is 2.28. The van der Waals surface area contributed by atoms with Crippen molar-refractivity contribution < 1.29 is 14.3 Å². The third kappa shape index (κ3) is 5.42. The molecule has 0 bridgehead atoms. The van der Waals surface area contributed by atoms with Crippen LogP contribution in [-0.4, -0.2) is 35.9 Å². The molecule has 29 heavy (non-hydrogen) atoms. The highest BCUT2D eigenvalue weighted by atomic mass is 32.2. The number of esters is 1. The number of methoxy groups -OCH3 is 1. The molecular weight excluding hydrogens is 386 g/mol. The van der Waals surface area contributed by atoms with Gasteiger partial charge in [-0.05, 0) is 49.7 Å². The molecule has 0 spiro atoms. The number of benzene rings is 2. The van der Waals surface area contributed by atoms with Crippen LogP contribution in [0.15, 0.2) is 58.5 Å². The van der Waals surface area contributed by atoms with Gasteiger partial charge in [-0.15, -0.1) is 11.8 Å². The van der Waals surface area contributed by atoms with Crippen molar-refractivity contribution >= 4 is 40.8 Å². The van der Waals surface area contributed by atoms with Gasteiger partial charge in [0.05, 0.1) is 30.2 Å². The van der Waals surface area contributed by atoms with E-state index in [1.165, 1.54) is 25.1 Å². The van der Waals surface area contributed by atoms with Crippen LogP contribution in [0.1, 0.15) is 27.2 Å². The van der Waals surface area contributed by atoms with Crippen molar-refractivity contribution in [2.75, 3.05) is 12.9 Å². The Balaban J connectivity index is 1.59. The summed E-state index contributed by atoms with van der Waals surface area (Å²) in [4.78, 5) is 29.1. The quantitative estimate of drug-likeness (QED) is 0.290. The predicted molar refractivity (Wildman–Crippen MR) is 115 cm³/mol. The molecule has 0 saturated heterocycles. The summed E-state index contributed by atoms with van der Waals surface area (Å²) in [6.45, 7) is 3.98. The molecule has 2 aromatic carbocycles. The topological polar surface area (TPSA) is 80.6 Å². The Hall–Kier alpha value is -3.19. The fourth-order valence-corrected chi connectivity index (χ4v) is 3.66. The van der Waals surface area contributed by atoms with Gasteiger partial charge in [0.25, 0.3) is 0 Å². The number of hydrazone groups is 1. The second kappa shape index (κ2) is 9.34. The normalized spacial score (nSPS) is 11.0. The van der Waals surface area contributed by atoms with Crippen LogP contribution in [0, 0.1) is 13.8 Å². The average molecular weight is 407 g/mol. The van der Waals surface area contributed by atoms with Gasteiger partial charge in [0.1, 0.15) is 0 Å². The fraction of sp³-hybridized carbons (Fsp3) is 0.182. The number of thioether (sulfide) groups is 1. The van der Waals surface area contributed by atoms with Gasteiger partial charge in [-0.25, -0.2) is 10.2 Å². The van der Waals surface area contributed by atoms with Crippen molar-refractivity contribution in [3.05, 3.63) is 70.9 Å². The van der Waals surface area contributed by atoms with E-state index in [1.54, 1.807) is 24.3 Å². The molecule has 6 nitrogen and oxygen atoms in total. The number of hydrogen-bond acceptors (Lipinski definition) is 6. The molecule has 0 atom stereocenters. The van der Waals surface area contributed by atoms with E-state index in [-0.39, 0.29) is 11.7 Å². The van der Waals surface area contributed by atoms with E-state index in [9.17, 15) is 9.59 Å². The maximum absolute atomic E-state index is 12.2. The number of nitrogens with zero attached hydrogens (tertiary/aromatic N) is 2. The Morgan fingerprint density at radius 3 is 2.62 bits per heavy atom. The molecule has 0 fully saturated rings. The van der Waals surface area contributed by atoms with Crippen LogP contribution >= 0.6 is 11.8 Å². The van der Waals surface area contributed by atoms with Gasteiger partial charge < -0.3 is 4.74 Å². The molecule has 3 aromatic rings. The summed E-state index contributed by atoms with van der Waals surface area (Å²) in [5.41, 5.74) is 6.73. The second-order valence-corrected chi connectivity index (χ2v) is 7.49. The molecule has 0 aliphatic rings. The summed E-state index contributed by atoms with van der Waals surface area (Å²) < 4.78 is 4.66. The van der Waals surface area contributed by atoms with Gasteiger partial charge in [-0.1, -0.05) is 23.8 Å². The van der Waals surface area contributed by atoms with E-state index in [1.807, 2.05) is 32.0 Å². The molecule has 7 heteroatoms. The minimum absolute atomic E-state index is 0.201. The maximum Gasteiger partial charge on any atom is 0.337 e. The smallest absolute Gasteiger partial charge is 0.337 e. The molecule has 148 valence electrons. The van der Waals surface area contributed by atoms with E-state index in [0.29, 0.717) is 5.56 Å². The monoisotopic (exact) mass is 407 g/mol. The Bertz CT molecular complexity index is 1080. The number of ether oxygens (including phenoxy) is 1. The van der Waals surface area contributed by atoms with E-state index < -0.39 is 5.97 Å². The Labute approximate surface area is 173 Å². The Kier molecular flexibility index (Phi) is 6.61. The van der Waals surface area contributed by atoms with E-state index >= 15 is 0 Å². The van der Waals surface area contributed by atoms with Gasteiger partial charge in [0.2, 0.25) is 5.91 Å². The van der Waals surface area contributed by atoms with E-state index in [2.05, 4.69) is 26.3 Å². The summed E-state index contributed by atoms with van der Waals surface area (Å²) in [6.07, 6.45) is 1.53. The van der Waals surface area contributed by atoms with E-state index in [0.717, 1.165) is 32.6 Å². The van der Waals surface area contributed by atoms with Gasteiger partial charge in [-0.3, -0.25) is 9.78 Å². The molecule has 0 saturated carbocycles. The standard InChI is InChI=1S/C22H21N3O3S/c1-14-4-9-19-18(10-14)20(11-15(2)24-19)29-13-21(26)25-23-12-16-5-7-17(8-6-16)22(27)28-3/h4-12H,13H2,1-3H3,(H,25,26)/b23-12-. The van der Waals surface area contributed by atoms with Gasteiger partial charge >= 0.3 is 5.97 Å². The number of aromatic nitrogens is 1. The van der Waals surface area contributed by atoms with Gasteiger partial charge in [0, 0.05) is 16.0 Å². The summed E-state index contributed by atoms with van der Waals surface area (Å²) in [5.74, 6) is -0.355. The third-order valence-corrected chi connectivity index (χ3v) is 5.20. The molecule has 1 aromatic heterocycles. The van der Waals surface area contributed by atoms with Crippen LogP contribution in [0.3, 0.4) is 0 Å². The van der Waals surface area contributed by atoms with Crippen LogP contribution in [0.2, 0.25) is 0 Å². The fourth-order valence-electron chi connectivity index (χ4n) is 2.73. The number of carbonyl (C=O) groups is 2. The number of fused-ring (bicyclic) bond motifs is 1. The average Bonchev–Trinajstić information content (AvgIpc) is 2.72. The highest BCUT2D eigenvalue weighted by Gasteiger charge is 2.08. The molecule has 0 radical (unpaired) electrons. The number of rotatable bonds is 6. The number of amides is 1. The molecule has 1 amide bonds. The molecule has 0 aliphatic carbocycles. The maximum atomic E-state index is 12.2. The van der Waals surface area contributed by atoms with Crippen molar-refractivity contribution in [2.24, 2.45) is 5.10 Å². The third-order valence-electron chi connectivity index (χ3n) is 4.15. The van der Waals surface area contributed by atoms with Crippen LogP contribution in [0.5, 0.6) is 0 Å². The summed E-state index contributed by atoms with van der Waals surface area (Å²) in [6, 6.07) is 14.8. The Morgan fingerprint density at radius 2 is 1.90 bits per heavy atom. The molecule has 1 N–H and O–H groups in total. The zero-order chi connectivity index (χ0) is 20.8. The lowest BCUT2D eigenvalue weighted by Crippen LogP contribution is -2.19. The molecule has 3 rings (SSSR count). The van der Waals surface area contributed by atoms with Crippen molar-refractivity contribution in [1.82, 2.24) is 10.4 Å². The van der Waals surface area contributed by atoms with Crippen LogP contribution in [-0.2, 0) is 9.53 Å². The Morgan fingerprint density at radius 1 is 1.14 bits per heavy atom. The van der Waals surface area contributed by atoms with Crippen molar-refractivity contribution in [1.29, 1.82) is 0 Å². The molecule has 0 unspecified atom stereocenters. The first-order valence-electron chi connectivity index (χ1n) is 8.97. The summed E-state index contributed by atoms with van der Waals surface area (Å²) in [7, 11) is 1.34. The number of carbonyl (C=O) groups excluding carboxylic acids is 2. The largest absolute Gasteiger partial charge is 0.465 e. The van der Waals surface area contributed by atoms with Crippen LogP contribution in [0.25, 0.3) is 10.9 Å². The zero-order valence-electron chi connectivity index (χ0n) is 16.4. The first-order chi connectivity index (χ1) is 14.0. The van der Waals surface area contributed by atoms with Gasteiger partial charge in [0.15, 0.2) is 0 Å². The van der Waals surface area contributed by atoms with Crippen molar-refractivity contribution in [3.63, 3.8) is 0 Å². The number of aryl methyl sites for hydroxylation is 2. The van der Waals surface area contributed by atoms with Crippen molar-refractivity contribution in [2.45, 2.75) is 18.7 Å².